The van der Waals surface area contributed by atoms with Crippen molar-refractivity contribution in [3.63, 3.8) is 0 Å². The zero-order valence-corrected chi connectivity index (χ0v) is 13.5. The highest BCUT2D eigenvalue weighted by Crippen LogP contribution is 2.33. The minimum Gasteiger partial charge on any atom is -0.478 e. The van der Waals surface area contributed by atoms with Crippen molar-refractivity contribution in [1.29, 1.82) is 0 Å². The third kappa shape index (κ3) is 2.38. The number of hydrogen-bond acceptors (Lipinski definition) is 4. The maximum Gasteiger partial charge on any atom is 0.336 e. The molecule has 2 aromatic carbocycles. The molecular weight excluding hydrogens is 351 g/mol. The fourth-order valence-corrected chi connectivity index (χ4v) is 2.98. The number of aromatic nitrogens is 2. The molecule has 4 rings (SSSR count). The van der Waals surface area contributed by atoms with Gasteiger partial charge in [0, 0.05) is 10.6 Å². The van der Waals surface area contributed by atoms with Gasteiger partial charge in [-0.2, -0.15) is 0 Å². The van der Waals surface area contributed by atoms with Gasteiger partial charge in [0.05, 0.1) is 16.5 Å². The average Bonchev–Trinajstić information content (AvgIpc) is 2.98. The van der Waals surface area contributed by atoms with Gasteiger partial charge in [-0.05, 0) is 36.4 Å². The summed E-state index contributed by atoms with van der Waals surface area (Å²) in [5, 5.41) is 10.5. The molecule has 0 aliphatic carbocycles. The van der Waals surface area contributed by atoms with Gasteiger partial charge in [0.2, 0.25) is 5.89 Å². The standard InChI is InChI=1S/C17H8Cl2N2O3/c18-9-3-1-2-8(6-9)16-21-12-5-4-11-14(15(12)24-16)10(17(22)23)7-13(19)20-11/h1-7H,(H,22,23). The van der Waals surface area contributed by atoms with Gasteiger partial charge in [0.15, 0.2) is 5.58 Å². The first kappa shape index (κ1) is 14.9. The van der Waals surface area contributed by atoms with Crippen molar-refractivity contribution in [2.45, 2.75) is 0 Å². The Hall–Kier alpha value is -2.63. The molecule has 24 heavy (non-hydrogen) atoms. The highest BCUT2D eigenvalue weighted by molar-refractivity contribution is 6.31. The molecule has 0 aliphatic heterocycles. The molecule has 2 aromatic heterocycles. The highest BCUT2D eigenvalue weighted by atomic mass is 35.5. The van der Waals surface area contributed by atoms with E-state index in [0.29, 0.717) is 38.5 Å². The molecule has 0 unspecified atom stereocenters. The van der Waals surface area contributed by atoms with Crippen LogP contribution >= 0.6 is 23.2 Å². The van der Waals surface area contributed by atoms with Crippen LogP contribution < -0.4 is 0 Å². The Kier molecular flexibility index (Phi) is 3.40. The van der Waals surface area contributed by atoms with Gasteiger partial charge in [0.1, 0.15) is 10.7 Å². The van der Waals surface area contributed by atoms with Crippen molar-refractivity contribution in [2.24, 2.45) is 0 Å². The maximum atomic E-state index is 11.6. The quantitative estimate of drug-likeness (QED) is 0.507. The number of benzene rings is 2. The Morgan fingerprint density at radius 3 is 2.58 bits per heavy atom. The van der Waals surface area contributed by atoms with Crippen molar-refractivity contribution in [2.75, 3.05) is 0 Å². The molecule has 0 saturated heterocycles. The lowest BCUT2D eigenvalue weighted by Gasteiger charge is -2.03. The van der Waals surface area contributed by atoms with Crippen LogP contribution in [0, 0.1) is 0 Å². The predicted octanol–water partition coefficient (Wildman–Crippen LogP) is 5.05. The summed E-state index contributed by atoms with van der Waals surface area (Å²) in [6, 6.07) is 11.7. The Bertz CT molecular complexity index is 1120. The van der Waals surface area contributed by atoms with Crippen LogP contribution in [0.1, 0.15) is 10.4 Å². The first-order chi connectivity index (χ1) is 11.5. The number of nitrogens with zero attached hydrogens (tertiary/aromatic N) is 2. The summed E-state index contributed by atoms with van der Waals surface area (Å²) in [6.07, 6.45) is 0. The molecule has 0 radical (unpaired) electrons. The number of aromatic carboxylic acids is 1. The van der Waals surface area contributed by atoms with Crippen LogP contribution in [0.5, 0.6) is 0 Å². The lowest BCUT2D eigenvalue weighted by Crippen LogP contribution is -1.99. The van der Waals surface area contributed by atoms with E-state index < -0.39 is 5.97 Å². The third-order valence-corrected chi connectivity index (χ3v) is 4.03. The fourth-order valence-electron chi connectivity index (χ4n) is 2.59. The second-order valence-electron chi connectivity index (χ2n) is 5.13. The molecule has 7 heteroatoms. The summed E-state index contributed by atoms with van der Waals surface area (Å²) >= 11 is 11.9. The summed E-state index contributed by atoms with van der Waals surface area (Å²) in [7, 11) is 0. The summed E-state index contributed by atoms with van der Waals surface area (Å²) in [5.41, 5.74) is 2.03. The third-order valence-electron chi connectivity index (χ3n) is 3.60. The molecule has 0 fully saturated rings. The Balaban J connectivity index is 2.06. The number of hydrogen-bond donors (Lipinski definition) is 1. The molecule has 0 aliphatic rings. The minimum absolute atomic E-state index is 0.0180. The topological polar surface area (TPSA) is 76.2 Å². The van der Waals surface area contributed by atoms with E-state index in [1.807, 2.05) is 6.07 Å². The second kappa shape index (κ2) is 5.47. The van der Waals surface area contributed by atoms with Crippen LogP contribution in [-0.4, -0.2) is 21.0 Å². The molecule has 1 N–H and O–H groups in total. The number of carbonyl (C=O) groups is 1. The normalized spacial score (nSPS) is 11.2. The molecule has 0 saturated carbocycles. The maximum absolute atomic E-state index is 11.6. The zero-order valence-electron chi connectivity index (χ0n) is 12.0. The van der Waals surface area contributed by atoms with Crippen LogP contribution in [0.4, 0.5) is 0 Å². The van der Waals surface area contributed by atoms with Gasteiger partial charge < -0.3 is 9.52 Å². The fraction of sp³-hybridized carbons (Fsp3) is 0. The van der Waals surface area contributed by atoms with E-state index in [2.05, 4.69) is 9.97 Å². The molecular formula is C17H8Cl2N2O3. The number of carboxylic acids is 1. The first-order valence-electron chi connectivity index (χ1n) is 6.92. The Labute approximate surface area is 145 Å². The van der Waals surface area contributed by atoms with Gasteiger partial charge in [-0.25, -0.2) is 14.8 Å². The summed E-state index contributed by atoms with van der Waals surface area (Å²) < 4.78 is 5.84. The predicted molar refractivity (Wildman–Crippen MR) is 91.7 cm³/mol. The van der Waals surface area contributed by atoms with Crippen LogP contribution in [-0.2, 0) is 0 Å². The zero-order chi connectivity index (χ0) is 16.8. The number of pyridine rings is 1. The van der Waals surface area contributed by atoms with E-state index >= 15 is 0 Å². The second-order valence-corrected chi connectivity index (χ2v) is 5.96. The monoisotopic (exact) mass is 358 g/mol. The Morgan fingerprint density at radius 1 is 1.04 bits per heavy atom. The number of rotatable bonds is 2. The number of fused-ring (bicyclic) bond motifs is 3. The molecule has 2 heterocycles. The molecule has 4 aromatic rings. The summed E-state index contributed by atoms with van der Waals surface area (Å²) in [6.45, 7) is 0. The van der Waals surface area contributed by atoms with Crippen molar-refractivity contribution in [1.82, 2.24) is 9.97 Å². The van der Waals surface area contributed by atoms with Crippen molar-refractivity contribution in [3.05, 3.63) is 58.2 Å². The first-order valence-corrected chi connectivity index (χ1v) is 7.67. The number of oxazole rings is 1. The SMILES string of the molecule is O=C(O)c1cc(Cl)nc2ccc3nc(-c4cccc(Cl)c4)oc3c12. The molecule has 118 valence electrons. The molecule has 0 bridgehead atoms. The van der Waals surface area contributed by atoms with E-state index in [0.717, 1.165) is 0 Å². The smallest absolute Gasteiger partial charge is 0.336 e. The van der Waals surface area contributed by atoms with E-state index in [-0.39, 0.29) is 10.7 Å². The minimum atomic E-state index is -1.11. The van der Waals surface area contributed by atoms with Gasteiger partial charge in [-0.15, -0.1) is 0 Å². The number of carboxylic acid groups (broad SMARTS) is 1. The van der Waals surface area contributed by atoms with Crippen LogP contribution in [0.25, 0.3) is 33.5 Å². The van der Waals surface area contributed by atoms with Crippen LogP contribution in [0.3, 0.4) is 0 Å². The lowest BCUT2D eigenvalue weighted by atomic mass is 10.1. The van der Waals surface area contributed by atoms with Crippen LogP contribution in [0.15, 0.2) is 46.9 Å². The van der Waals surface area contributed by atoms with Gasteiger partial charge in [-0.3, -0.25) is 0 Å². The van der Waals surface area contributed by atoms with Crippen molar-refractivity contribution in [3.8, 4) is 11.5 Å². The van der Waals surface area contributed by atoms with Gasteiger partial charge >= 0.3 is 5.97 Å². The summed E-state index contributed by atoms with van der Waals surface area (Å²) in [4.78, 5) is 20.1. The molecule has 0 amide bonds. The van der Waals surface area contributed by atoms with Gasteiger partial charge in [-0.1, -0.05) is 29.3 Å². The van der Waals surface area contributed by atoms with Crippen molar-refractivity contribution >= 4 is 51.2 Å². The lowest BCUT2D eigenvalue weighted by molar-refractivity contribution is 0.0699. The molecule has 0 atom stereocenters. The average molecular weight is 359 g/mol. The largest absolute Gasteiger partial charge is 0.478 e. The van der Waals surface area contributed by atoms with Crippen molar-refractivity contribution < 1.29 is 14.3 Å². The van der Waals surface area contributed by atoms with Gasteiger partial charge in [0.25, 0.3) is 0 Å². The molecule has 5 nitrogen and oxygen atoms in total. The number of halogens is 2. The highest BCUT2D eigenvalue weighted by Gasteiger charge is 2.18. The van der Waals surface area contributed by atoms with Crippen LogP contribution in [0.2, 0.25) is 10.2 Å². The molecule has 0 spiro atoms. The van der Waals surface area contributed by atoms with E-state index in [1.54, 1.807) is 30.3 Å². The van der Waals surface area contributed by atoms with E-state index in [4.69, 9.17) is 27.6 Å². The Morgan fingerprint density at radius 2 is 1.83 bits per heavy atom. The summed E-state index contributed by atoms with van der Waals surface area (Å²) in [5.74, 6) is -0.760. The van der Waals surface area contributed by atoms with E-state index in [9.17, 15) is 9.90 Å². The van der Waals surface area contributed by atoms with E-state index in [1.165, 1.54) is 6.07 Å².